The smallest absolute Gasteiger partial charge is 0.270 e. The Hall–Kier alpha value is -3.13. The number of carbonyl (C=O) groups is 2. The molecule has 0 spiro atoms. The van der Waals surface area contributed by atoms with Gasteiger partial charge in [-0.1, -0.05) is 17.7 Å². The summed E-state index contributed by atoms with van der Waals surface area (Å²) in [4.78, 5) is 36.6. The van der Waals surface area contributed by atoms with Crippen LogP contribution in [0.5, 0.6) is 5.75 Å². The van der Waals surface area contributed by atoms with Crippen LogP contribution in [0.3, 0.4) is 0 Å². The van der Waals surface area contributed by atoms with Crippen molar-refractivity contribution in [3.8, 4) is 5.75 Å². The Morgan fingerprint density at radius 2 is 2.00 bits per heavy atom. The van der Waals surface area contributed by atoms with Gasteiger partial charge in [-0.15, -0.1) is 0 Å². The number of halogens is 1. The zero-order valence-electron chi connectivity index (χ0n) is 15.6. The fourth-order valence-corrected chi connectivity index (χ4v) is 2.83. The van der Waals surface area contributed by atoms with Gasteiger partial charge in [-0.25, -0.2) is 0 Å². The molecular weight excluding hydrogens is 386 g/mol. The summed E-state index contributed by atoms with van der Waals surface area (Å²) in [5.74, 6) is -0.309. The summed E-state index contributed by atoms with van der Waals surface area (Å²) in [6.45, 7) is 1.78. The molecular formula is C19H20ClN3O5. The zero-order valence-corrected chi connectivity index (χ0v) is 16.4. The molecule has 0 aromatic heterocycles. The van der Waals surface area contributed by atoms with Gasteiger partial charge in [-0.05, 0) is 31.2 Å². The second kappa shape index (κ2) is 9.18. The molecule has 2 aromatic carbocycles. The summed E-state index contributed by atoms with van der Waals surface area (Å²) in [5, 5.41) is 13.9. The molecule has 0 saturated carbocycles. The quantitative estimate of drug-likeness (QED) is 0.563. The molecule has 0 fully saturated rings. The number of hydrogen-bond acceptors (Lipinski definition) is 5. The first-order valence-electron chi connectivity index (χ1n) is 8.35. The van der Waals surface area contributed by atoms with Crippen molar-refractivity contribution >= 4 is 29.1 Å². The van der Waals surface area contributed by atoms with Crippen LogP contribution in [-0.4, -0.2) is 41.8 Å². The maximum atomic E-state index is 12.6. The van der Waals surface area contributed by atoms with E-state index in [-0.39, 0.29) is 23.7 Å². The van der Waals surface area contributed by atoms with Crippen molar-refractivity contribution in [3.05, 3.63) is 68.7 Å². The summed E-state index contributed by atoms with van der Waals surface area (Å²) in [5.41, 5.74) is 0.632. The van der Waals surface area contributed by atoms with E-state index in [1.165, 1.54) is 30.2 Å². The molecule has 0 heterocycles. The highest BCUT2D eigenvalue weighted by Crippen LogP contribution is 2.24. The maximum absolute atomic E-state index is 12.6. The molecule has 0 aliphatic heterocycles. The third kappa shape index (κ3) is 5.20. The number of likely N-dealkylation sites (N-methyl/N-ethyl adjacent to an activating group) is 1. The minimum absolute atomic E-state index is 0.105. The highest BCUT2D eigenvalue weighted by molar-refractivity contribution is 6.30. The van der Waals surface area contributed by atoms with Gasteiger partial charge in [0, 0.05) is 41.9 Å². The first-order chi connectivity index (χ1) is 13.2. The number of methoxy groups -OCH3 is 1. The second-order valence-corrected chi connectivity index (χ2v) is 6.59. The van der Waals surface area contributed by atoms with Gasteiger partial charge in [0.25, 0.3) is 11.6 Å². The van der Waals surface area contributed by atoms with Gasteiger partial charge in [-0.2, -0.15) is 0 Å². The molecule has 8 nitrogen and oxygen atoms in total. The fraction of sp³-hybridized carbons (Fsp3) is 0.263. The monoisotopic (exact) mass is 405 g/mol. The number of hydrogen-bond donors (Lipinski definition) is 1. The Morgan fingerprint density at radius 3 is 2.64 bits per heavy atom. The Morgan fingerprint density at radius 1 is 1.29 bits per heavy atom. The van der Waals surface area contributed by atoms with E-state index in [1.807, 2.05) is 0 Å². The average Bonchev–Trinajstić information content (AvgIpc) is 2.67. The lowest BCUT2D eigenvalue weighted by Gasteiger charge is -2.23. The van der Waals surface area contributed by atoms with Crippen molar-refractivity contribution in [3.63, 3.8) is 0 Å². The van der Waals surface area contributed by atoms with Crippen molar-refractivity contribution in [1.82, 2.24) is 10.2 Å². The van der Waals surface area contributed by atoms with Gasteiger partial charge < -0.3 is 15.0 Å². The second-order valence-electron chi connectivity index (χ2n) is 6.15. The largest absolute Gasteiger partial charge is 0.496 e. The molecule has 28 heavy (non-hydrogen) atoms. The minimum atomic E-state index is -0.832. The Labute approximate surface area is 167 Å². The Kier molecular flexibility index (Phi) is 6.94. The predicted molar refractivity (Wildman–Crippen MR) is 105 cm³/mol. The van der Waals surface area contributed by atoms with Gasteiger partial charge in [-0.3, -0.25) is 19.7 Å². The number of rotatable bonds is 7. The van der Waals surface area contributed by atoms with E-state index in [0.717, 1.165) is 11.6 Å². The highest BCUT2D eigenvalue weighted by atomic mass is 35.5. The number of non-ortho nitro benzene ring substituents is 1. The van der Waals surface area contributed by atoms with Crippen LogP contribution in [0.15, 0.2) is 42.5 Å². The Balaban J connectivity index is 2.05. The van der Waals surface area contributed by atoms with Crippen LogP contribution in [0.4, 0.5) is 5.69 Å². The van der Waals surface area contributed by atoms with Crippen LogP contribution < -0.4 is 10.1 Å². The van der Waals surface area contributed by atoms with Crippen LogP contribution in [0, 0.1) is 10.1 Å². The van der Waals surface area contributed by atoms with Crippen molar-refractivity contribution in [2.45, 2.75) is 19.5 Å². The van der Waals surface area contributed by atoms with Crippen molar-refractivity contribution in [2.75, 3.05) is 14.2 Å². The first kappa shape index (κ1) is 21.2. The molecule has 0 bridgehead atoms. The standard InChI is InChI=1S/C19H20ClN3O5/c1-12(21-18(24)13-5-4-6-16(10-13)23(26)27)19(25)22(2)11-14-9-15(20)7-8-17(14)28-3/h4-10,12H,11H2,1-3H3,(H,21,24). The molecule has 0 aliphatic carbocycles. The number of nitrogens with zero attached hydrogens (tertiary/aromatic N) is 2. The molecule has 1 unspecified atom stereocenters. The predicted octanol–water partition coefficient (Wildman–Crippen LogP) is 3.03. The van der Waals surface area contributed by atoms with Gasteiger partial charge in [0.1, 0.15) is 11.8 Å². The topological polar surface area (TPSA) is 102 Å². The van der Waals surface area contributed by atoms with E-state index in [0.29, 0.717) is 10.8 Å². The normalized spacial score (nSPS) is 11.4. The number of nitro groups is 1. The average molecular weight is 406 g/mol. The number of nitrogens with one attached hydrogen (secondary N) is 1. The molecule has 2 rings (SSSR count). The molecule has 2 amide bonds. The van der Waals surface area contributed by atoms with Crippen LogP contribution >= 0.6 is 11.6 Å². The highest BCUT2D eigenvalue weighted by Gasteiger charge is 2.22. The van der Waals surface area contributed by atoms with E-state index < -0.39 is 16.9 Å². The molecule has 0 radical (unpaired) electrons. The number of carbonyl (C=O) groups excluding carboxylic acids is 2. The third-order valence-corrected chi connectivity index (χ3v) is 4.30. The Bertz CT molecular complexity index is 903. The molecule has 148 valence electrons. The number of benzene rings is 2. The van der Waals surface area contributed by atoms with E-state index in [9.17, 15) is 19.7 Å². The van der Waals surface area contributed by atoms with E-state index >= 15 is 0 Å². The first-order valence-corrected chi connectivity index (χ1v) is 8.73. The van der Waals surface area contributed by atoms with Gasteiger partial charge in [0.15, 0.2) is 0 Å². The van der Waals surface area contributed by atoms with Gasteiger partial charge >= 0.3 is 0 Å². The summed E-state index contributed by atoms with van der Waals surface area (Å²) < 4.78 is 5.27. The maximum Gasteiger partial charge on any atom is 0.270 e. The van der Waals surface area contributed by atoms with Crippen molar-refractivity contribution in [2.24, 2.45) is 0 Å². The van der Waals surface area contributed by atoms with E-state index in [2.05, 4.69) is 5.32 Å². The lowest BCUT2D eigenvalue weighted by Crippen LogP contribution is -2.45. The van der Waals surface area contributed by atoms with Crippen LogP contribution in [0.25, 0.3) is 0 Å². The molecule has 1 atom stereocenters. The molecule has 9 heteroatoms. The fourth-order valence-electron chi connectivity index (χ4n) is 2.64. The van der Waals surface area contributed by atoms with Crippen molar-refractivity contribution < 1.29 is 19.2 Å². The lowest BCUT2D eigenvalue weighted by atomic mass is 10.1. The number of amides is 2. The molecule has 0 aliphatic rings. The van der Waals surface area contributed by atoms with E-state index in [4.69, 9.17) is 16.3 Å². The van der Waals surface area contributed by atoms with Gasteiger partial charge in [0.05, 0.1) is 12.0 Å². The SMILES string of the molecule is COc1ccc(Cl)cc1CN(C)C(=O)C(C)NC(=O)c1cccc([N+](=O)[O-])c1. The zero-order chi connectivity index (χ0) is 20.8. The van der Waals surface area contributed by atoms with Crippen LogP contribution in [0.2, 0.25) is 5.02 Å². The molecule has 2 aromatic rings. The van der Waals surface area contributed by atoms with E-state index in [1.54, 1.807) is 32.2 Å². The summed E-state index contributed by atoms with van der Waals surface area (Å²) >= 11 is 6.01. The number of nitro benzene ring substituents is 1. The third-order valence-electron chi connectivity index (χ3n) is 4.06. The summed E-state index contributed by atoms with van der Waals surface area (Å²) in [7, 11) is 3.12. The number of ether oxygens (including phenoxy) is 1. The van der Waals surface area contributed by atoms with Crippen LogP contribution in [-0.2, 0) is 11.3 Å². The summed E-state index contributed by atoms with van der Waals surface area (Å²) in [6.07, 6.45) is 0. The van der Waals surface area contributed by atoms with Gasteiger partial charge in [0.2, 0.25) is 5.91 Å². The van der Waals surface area contributed by atoms with Crippen molar-refractivity contribution in [1.29, 1.82) is 0 Å². The summed E-state index contributed by atoms with van der Waals surface area (Å²) in [6, 6.07) is 9.58. The van der Waals surface area contributed by atoms with Crippen LogP contribution in [0.1, 0.15) is 22.8 Å². The minimum Gasteiger partial charge on any atom is -0.496 e. The molecule has 1 N–H and O–H groups in total. The lowest BCUT2D eigenvalue weighted by molar-refractivity contribution is -0.384. The molecule has 0 saturated heterocycles.